The Kier molecular flexibility index (Phi) is 4.99. The van der Waals surface area contributed by atoms with Gasteiger partial charge in [0.15, 0.2) is 11.5 Å². The monoisotopic (exact) mass is 245 g/mol. The van der Waals surface area contributed by atoms with Crippen LogP contribution in [0.3, 0.4) is 0 Å². The highest BCUT2D eigenvalue weighted by Gasteiger charge is 2.12. The highest BCUT2D eigenvalue weighted by Crippen LogP contribution is 2.37. The molecular weight excluding hydrogens is 229 g/mol. The van der Waals surface area contributed by atoms with Crippen molar-refractivity contribution in [3.05, 3.63) is 17.7 Å². The number of halogens is 1. The van der Waals surface area contributed by atoms with Crippen LogP contribution < -0.4 is 10.5 Å². The largest absolute Gasteiger partial charge is 0.504 e. The summed E-state index contributed by atoms with van der Waals surface area (Å²) in [5.41, 5.74) is 6.09. The maximum absolute atomic E-state index is 11.9. The van der Waals surface area contributed by atoms with Crippen molar-refractivity contribution in [1.29, 1.82) is 0 Å². The van der Waals surface area contributed by atoms with Crippen molar-refractivity contribution in [3.8, 4) is 17.2 Å². The van der Waals surface area contributed by atoms with Gasteiger partial charge in [-0.05, 0) is 24.1 Å². The van der Waals surface area contributed by atoms with Crippen molar-refractivity contribution in [2.24, 2.45) is 5.73 Å². The number of benzene rings is 1. The Morgan fingerprint density at radius 3 is 2.35 bits per heavy atom. The van der Waals surface area contributed by atoms with Gasteiger partial charge < -0.3 is 25.8 Å². The Morgan fingerprint density at radius 1 is 1.29 bits per heavy atom. The van der Waals surface area contributed by atoms with Gasteiger partial charge in [0.1, 0.15) is 13.3 Å². The normalized spacial score (nSPS) is 12.4. The second-order valence-electron chi connectivity index (χ2n) is 3.65. The maximum Gasteiger partial charge on any atom is 0.203 e. The van der Waals surface area contributed by atoms with Gasteiger partial charge in [-0.1, -0.05) is 0 Å². The number of phenols is 2. The molecule has 0 saturated carbocycles. The van der Waals surface area contributed by atoms with Gasteiger partial charge >= 0.3 is 0 Å². The molecule has 6 heteroatoms. The van der Waals surface area contributed by atoms with Crippen LogP contribution in [0, 0.1) is 0 Å². The minimum Gasteiger partial charge on any atom is -0.504 e. The molecule has 1 unspecified atom stereocenters. The summed E-state index contributed by atoms with van der Waals surface area (Å²) in [6.45, 7) is -1.14. The third-order valence-corrected chi connectivity index (χ3v) is 2.17. The number of hydrogen-bond acceptors (Lipinski definition) is 5. The topological polar surface area (TPSA) is 95.9 Å². The quantitative estimate of drug-likeness (QED) is 0.578. The van der Waals surface area contributed by atoms with Crippen LogP contribution in [0.5, 0.6) is 17.2 Å². The van der Waals surface area contributed by atoms with Crippen LogP contribution in [0.15, 0.2) is 12.1 Å². The zero-order valence-electron chi connectivity index (χ0n) is 9.27. The van der Waals surface area contributed by atoms with Crippen LogP contribution in [0.4, 0.5) is 4.39 Å². The summed E-state index contributed by atoms with van der Waals surface area (Å²) >= 11 is 0. The Bertz CT molecular complexity index is 349. The second-order valence-corrected chi connectivity index (χ2v) is 3.65. The van der Waals surface area contributed by atoms with Crippen molar-refractivity contribution >= 4 is 0 Å². The van der Waals surface area contributed by atoms with E-state index in [0.717, 1.165) is 0 Å². The SMILES string of the molecule is NC(CO)Cc1cc(O)c(OCCF)c(O)c1. The zero-order chi connectivity index (χ0) is 12.8. The molecule has 0 aromatic heterocycles. The van der Waals surface area contributed by atoms with Crippen molar-refractivity contribution in [3.63, 3.8) is 0 Å². The summed E-state index contributed by atoms with van der Waals surface area (Å²) in [6, 6.07) is 2.26. The number of nitrogens with two attached hydrogens (primary N) is 1. The smallest absolute Gasteiger partial charge is 0.203 e. The average molecular weight is 245 g/mol. The van der Waals surface area contributed by atoms with E-state index in [1.165, 1.54) is 12.1 Å². The molecule has 0 amide bonds. The van der Waals surface area contributed by atoms with Gasteiger partial charge in [-0.2, -0.15) is 0 Å². The number of hydrogen-bond donors (Lipinski definition) is 4. The van der Waals surface area contributed by atoms with Crippen LogP contribution in [-0.2, 0) is 6.42 Å². The molecule has 0 aliphatic rings. The zero-order valence-corrected chi connectivity index (χ0v) is 9.27. The number of rotatable bonds is 6. The van der Waals surface area contributed by atoms with E-state index in [1.54, 1.807) is 0 Å². The number of ether oxygens (including phenoxy) is 1. The molecular formula is C11H16FNO4. The molecule has 1 aromatic rings. The van der Waals surface area contributed by atoms with Crippen LogP contribution in [0.25, 0.3) is 0 Å². The molecule has 1 atom stereocenters. The van der Waals surface area contributed by atoms with Crippen LogP contribution in [0.1, 0.15) is 5.56 Å². The lowest BCUT2D eigenvalue weighted by Gasteiger charge is -2.12. The van der Waals surface area contributed by atoms with Crippen molar-refractivity contribution < 1.29 is 24.4 Å². The molecule has 96 valence electrons. The van der Waals surface area contributed by atoms with E-state index < -0.39 is 12.7 Å². The van der Waals surface area contributed by atoms with Gasteiger partial charge in [0.05, 0.1) is 6.61 Å². The fraction of sp³-hybridized carbons (Fsp3) is 0.455. The van der Waals surface area contributed by atoms with E-state index in [-0.39, 0.29) is 30.5 Å². The Labute approximate surface area is 98.3 Å². The maximum atomic E-state index is 11.9. The first-order chi connectivity index (χ1) is 8.08. The number of aliphatic hydroxyl groups is 1. The first-order valence-corrected chi connectivity index (χ1v) is 5.18. The van der Waals surface area contributed by atoms with E-state index in [0.29, 0.717) is 12.0 Å². The van der Waals surface area contributed by atoms with E-state index in [2.05, 4.69) is 0 Å². The molecule has 0 bridgehead atoms. The van der Waals surface area contributed by atoms with Crippen LogP contribution in [-0.4, -0.2) is 41.2 Å². The van der Waals surface area contributed by atoms with Crippen molar-refractivity contribution in [2.45, 2.75) is 12.5 Å². The standard InChI is InChI=1S/C11H16FNO4/c12-1-2-17-11-9(15)4-7(5-10(11)16)3-8(13)6-14/h4-5,8,14-16H,1-3,6,13H2. The van der Waals surface area contributed by atoms with Gasteiger partial charge in [-0.15, -0.1) is 0 Å². The molecule has 1 rings (SSSR count). The van der Waals surface area contributed by atoms with E-state index in [4.69, 9.17) is 15.6 Å². The van der Waals surface area contributed by atoms with Gasteiger partial charge in [-0.25, -0.2) is 4.39 Å². The minimum absolute atomic E-state index is 0.149. The predicted octanol–water partition coefficient (Wildman–Crippen LogP) is 0.308. The fourth-order valence-electron chi connectivity index (χ4n) is 1.43. The summed E-state index contributed by atoms with van der Waals surface area (Å²) in [5, 5.41) is 27.9. The number of alkyl halides is 1. The van der Waals surface area contributed by atoms with E-state index >= 15 is 0 Å². The van der Waals surface area contributed by atoms with E-state index in [9.17, 15) is 14.6 Å². The first kappa shape index (κ1) is 13.5. The molecule has 5 N–H and O–H groups in total. The summed E-state index contributed by atoms with van der Waals surface area (Å²) in [5.74, 6) is -0.707. The highest BCUT2D eigenvalue weighted by molar-refractivity contribution is 5.52. The molecule has 0 saturated heterocycles. The van der Waals surface area contributed by atoms with Crippen LogP contribution in [0.2, 0.25) is 0 Å². The molecule has 5 nitrogen and oxygen atoms in total. The van der Waals surface area contributed by atoms with Gasteiger partial charge in [0.2, 0.25) is 5.75 Å². The summed E-state index contributed by atoms with van der Waals surface area (Å²) < 4.78 is 16.8. The number of aliphatic hydroxyl groups excluding tert-OH is 1. The Morgan fingerprint density at radius 2 is 1.88 bits per heavy atom. The average Bonchev–Trinajstić information content (AvgIpc) is 2.28. The third-order valence-electron chi connectivity index (χ3n) is 2.17. The lowest BCUT2D eigenvalue weighted by Crippen LogP contribution is -2.26. The molecule has 0 heterocycles. The van der Waals surface area contributed by atoms with Gasteiger partial charge in [-0.3, -0.25) is 0 Å². The lowest BCUT2D eigenvalue weighted by molar-refractivity contribution is 0.251. The van der Waals surface area contributed by atoms with Gasteiger partial charge in [0.25, 0.3) is 0 Å². The molecule has 1 aromatic carbocycles. The predicted molar refractivity (Wildman–Crippen MR) is 60.0 cm³/mol. The summed E-state index contributed by atoms with van der Waals surface area (Å²) in [6.07, 6.45) is 0.307. The van der Waals surface area contributed by atoms with Crippen molar-refractivity contribution in [1.82, 2.24) is 0 Å². The molecule has 0 fully saturated rings. The molecule has 0 radical (unpaired) electrons. The number of phenolic OH excluding ortho intramolecular Hbond substituents is 2. The highest BCUT2D eigenvalue weighted by atomic mass is 19.1. The number of aromatic hydroxyl groups is 2. The van der Waals surface area contributed by atoms with Crippen molar-refractivity contribution in [2.75, 3.05) is 19.9 Å². The summed E-state index contributed by atoms with van der Waals surface area (Å²) in [7, 11) is 0. The third kappa shape index (κ3) is 3.76. The molecule has 0 aliphatic heterocycles. The second kappa shape index (κ2) is 6.27. The van der Waals surface area contributed by atoms with Gasteiger partial charge in [0, 0.05) is 6.04 Å². The lowest BCUT2D eigenvalue weighted by atomic mass is 10.1. The van der Waals surface area contributed by atoms with E-state index in [1.807, 2.05) is 0 Å². The Hall–Kier alpha value is -1.53. The Balaban J connectivity index is 2.85. The first-order valence-electron chi connectivity index (χ1n) is 5.18. The van der Waals surface area contributed by atoms with Crippen LogP contribution >= 0.6 is 0 Å². The minimum atomic E-state index is -0.712. The molecule has 0 spiro atoms. The molecule has 17 heavy (non-hydrogen) atoms. The fourth-order valence-corrected chi connectivity index (χ4v) is 1.43. The molecule has 0 aliphatic carbocycles. The summed E-state index contributed by atoms with van der Waals surface area (Å²) in [4.78, 5) is 0.